The molecule has 3 aromatic rings. The summed E-state index contributed by atoms with van der Waals surface area (Å²) in [6.07, 6.45) is 0.202. The molecule has 0 aliphatic heterocycles. The smallest absolute Gasteiger partial charge is 0.262 e. The number of hydrogen-bond acceptors (Lipinski definition) is 6. The molecule has 2 N–H and O–H groups in total. The highest BCUT2D eigenvalue weighted by atomic mass is 32.1. The Labute approximate surface area is 172 Å². The first-order valence-electron chi connectivity index (χ1n) is 8.90. The number of anilines is 2. The maximum absolute atomic E-state index is 12.2. The van der Waals surface area contributed by atoms with Gasteiger partial charge < -0.3 is 20.1 Å². The summed E-state index contributed by atoms with van der Waals surface area (Å²) in [5, 5.41) is 8.35. The number of methoxy groups -OCH3 is 1. The van der Waals surface area contributed by atoms with Crippen molar-refractivity contribution in [3.63, 3.8) is 0 Å². The number of aromatic nitrogens is 1. The fourth-order valence-electron chi connectivity index (χ4n) is 2.61. The van der Waals surface area contributed by atoms with Gasteiger partial charge in [-0.05, 0) is 37.3 Å². The lowest BCUT2D eigenvalue weighted by Gasteiger charge is -2.11. The van der Waals surface area contributed by atoms with E-state index in [1.165, 1.54) is 18.4 Å². The van der Waals surface area contributed by atoms with Crippen LogP contribution in [0.4, 0.5) is 11.4 Å². The molecule has 0 bridgehead atoms. The molecule has 2 amide bonds. The second-order valence-corrected chi connectivity index (χ2v) is 7.21. The van der Waals surface area contributed by atoms with Crippen LogP contribution in [0, 0.1) is 6.92 Å². The fraction of sp³-hybridized carbons (Fsp3) is 0.190. The van der Waals surface area contributed by atoms with Gasteiger partial charge in [0.25, 0.3) is 5.91 Å². The van der Waals surface area contributed by atoms with Crippen molar-refractivity contribution in [1.29, 1.82) is 0 Å². The fourth-order valence-corrected chi connectivity index (χ4v) is 3.22. The van der Waals surface area contributed by atoms with Crippen molar-refractivity contribution >= 4 is 34.5 Å². The van der Waals surface area contributed by atoms with E-state index in [0.717, 1.165) is 10.7 Å². The van der Waals surface area contributed by atoms with Crippen LogP contribution in [0.25, 0.3) is 0 Å². The zero-order valence-electron chi connectivity index (χ0n) is 16.1. The lowest BCUT2D eigenvalue weighted by molar-refractivity contribution is -0.118. The van der Waals surface area contributed by atoms with Crippen molar-refractivity contribution < 1.29 is 19.1 Å². The minimum absolute atomic E-state index is 0.167. The molecule has 7 nitrogen and oxygen atoms in total. The van der Waals surface area contributed by atoms with Crippen molar-refractivity contribution in [1.82, 2.24) is 4.98 Å². The number of rotatable bonds is 8. The molecule has 0 unspecified atom stereocenters. The topological polar surface area (TPSA) is 89.5 Å². The first-order chi connectivity index (χ1) is 14.0. The number of para-hydroxylation sites is 2. The molecule has 1 heterocycles. The molecule has 0 atom stereocenters. The largest absolute Gasteiger partial charge is 0.493 e. The zero-order valence-corrected chi connectivity index (χ0v) is 16.9. The zero-order chi connectivity index (χ0) is 20.6. The molecule has 29 heavy (non-hydrogen) atoms. The van der Waals surface area contributed by atoms with Gasteiger partial charge in [-0.1, -0.05) is 18.2 Å². The van der Waals surface area contributed by atoms with Crippen LogP contribution in [0.1, 0.15) is 10.7 Å². The number of benzene rings is 2. The maximum Gasteiger partial charge on any atom is 0.262 e. The van der Waals surface area contributed by atoms with E-state index in [4.69, 9.17) is 9.47 Å². The Balaban J connectivity index is 1.53. The summed E-state index contributed by atoms with van der Waals surface area (Å²) in [6.45, 7) is 1.73. The van der Waals surface area contributed by atoms with Crippen molar-refractivity contribution in [3.8, 4) is 11.5 Å². The third kappa shape index (κ3) is 6.05. The van der Waals surface area contributed by atoms with Crippen LogP contribution in [-0.4, -0.2) is 30.5 Å². The second-order valence-electron chi connectivity index (χ2n) is 6.15. The quantitative estimate of drug-likeness (QED) is 0.590. The third-order valence-corrected chi connectivity index (χ3v) is 4.69. The number of aryl methyl sites for hydroxylation is 1. The van der Waals surface area contributed by atoms with Gasteiger partial charge in [-0.2, -0.15) is 0 Å². The molecule has 2 aromatic carbocycles. The van der Waals surface area contributed by atoms with Gasteiger partial charge >= 0.3 is 0 Å². The lowest BCUT2D eigenvalue weighted by atomic mass is 10.2. The lowest BCUT2D eigenvalue weighted by Crippen LogP contribution is -2.20. The van der Waals surface area contributed by atoms with Crippen molar-refractivity contribution in [2.24, 2.45) is 0 Å². The van der Waals surface area contributed by atoms with Gasteiger partial charge in [0.05, 0.1) is 24.2 Å². The summed E-state index contributed by atoms with van der Waals surface area (Å²) in [4.78, 5) is 28.7. The van der Waals surface area contributed by atoms with Crippen LogP contribution < -0.4 is 20.1 Å². The van der Waals surface area contributed by atoms with Gasteiger partial charge in [0.15, 0.2) is 18.1 Å². The van der Waals surface area contributed by atoms with E-state index in [0.29, 0.717) is 22.9 Å². The molecule has 0 aliphatic rings. The Kier molecular flexibility index (Phi) is 6.80. The Bertz CT molecular complexity index is 1000. The maximum atomic E-state index is 12.2. The number of carbonyl (C=O) groups excluding carboxylic acids is 2. The number of ether oxygens (including phenoxy) is 2. The minimum Gasteiger partial charge on any atom is -0.493 e. The molecule has 3 rings (SSSR count). The van der Waals surface area contributed by atoms with Gasteiger partial charge in [0, 0.05) is 16.8 Å². The summed E-state index contributed by atoms with van der Waals surface area (Å²) in [6, 6.07) is 14.0. The van der Waals surface area contributed by atoms with E-state index in [2.05, 4.69) is 15.6 Å². The van der Waals surface area contributed by atoms with Gasteiger partial charge in [0.1, 0.15) is 0 Å². The highest BCUT2D eigenvalue weighted by Gasteiger charge is 2.10. The molecule has 1 aromatic heterocycles. The van der Waals surface area contributed by atoms with Crippen LogP contribution in [0.15, 0.2) is 53.9 Å². The number of hydrogen-bond donors (Lipinski definition) is 2. The first-order valence-corrected chi connectivity index (χ1v) is 9.78. The van der Waals surface area contributed by atoms with Crippen molar-refractivity contribution in [2.45, 2.75) is 13.3 Å². The number of nitrogens with one attached hydrogen (secondary N) is 2. The molecule has 0 saturated carbocycles. The summed E-state index contributed by atoms with van der Waals surface area (Å²) in [5.74, 6) is 0.555. The highest BCUT2D eigenvalue weighted by Crippen LogP contribution is 2.25. The third-order valence-electron chi connectivity index (χ3n) is 3.87. The molecule has 0 spiro atoms. The molecule has 150 valence electrons. The molecule has 0 fully saturated rings. The monoisotopic (exact) mass is 411 g/mol. The summed E-state index contributed by atoms with van der Waals surface area (Å²) in [7, 11) is 1.54. The predicted octanol–water partition coefficient (Wildman–Crippen LogP) is 3.66. The summed E-state index contributed by atoms with van der Waals surface area (Å²) in [5.41, 5.74) is 1.88. The molecular formula is C21H21N3O4S. The molecule has 8 heteroatoms. The van der Waals surface area contributed by atoms with Crippen LogP contribution in [-0.2, 0) is 16.0 Å². The van der Waals surface area contributed by atoms with Gasteiger partial charge in [0.2, 0.25) is 5.91 Å². The highest BCUT2D eigenvalue weighted by molar-refractivity contribution is 7.09. The van der Waals surface area contributed by atoms with Gasteiger partial charge in [-0.15, -0.1) is 11.3 Å². The van der Waals surface area contributed by atoms with Gasteiger partial charge in [-0.3, -0.25) is 9.59 Å². The Morgan fingerprint density at radius 2 is 1.69 bits per heavy atom. The van der Waals surface area contributed by atoms with E-state index >= 15 is 0 Å². The summed E-state index contributed by atoms with van der Waals surface area (Å²) < 4.78 is 10.7. The van der Waals surface area contributed by atoms with E-state index < -0.39 is 0 Å². The number of nitrogens with zero attached hydrogens (tertiary/aromatic N) is 1. The average Bonchev–Trinajstić information content (AvgIpc) is 3.11. The number of carbonyl (C=O) groups is 2. The van der Waals surface area contributed by atoms with Crippen LogP contribution in [0.3, 0.4) is 0 Å². The second kappa shape index (κ2) is 9.70. The standard InChI is InChI=1S/C21H21N3O4S/c1-14-22-17(13-29-14)11-20(25)23-15-6-5-7-16(10-15)24-21(26)12-28-19-9-4-3-8-18(19)27-2/h3-10,13H,11-12H2,1-2H3,(H,23,25)(H,24,26). The Morgan fingerprint density at radius 1 is 1.00 bits per heavy atom. The Morgan fingerprint density at radius 3 is 2.34 bits per heavy atom. The number of amides is 2. The van der Waals surface area contributed by atoms with Crippen molar-refractivity contribution in [3.05, 3.63) is 64.6 Å². The Hall–Kier alpha value is -3.39. The molecular weight excluding hydrogens is 390 g/mol. The SMILES string of the molecule is COc1ccccc1OCC(=O)Nc1cccc(NC(=O)Cc2csc(C)n2)c1. The van der Waals surface area contributed by atoms with Gasteiger partial charge in [-0.25, -0.2) is 4.98 Å². The molecule has 0 saturated heterocycles. The van der Waals surface area contributed by atoms with E-state index in [1.54, 1.807) is 42.5 Å². The minimum atomic E-state index is -0.322. The van der Waals surface area contributed by atoms with E-state index in [1.807, 2.05) is 18.4 Å². The normalized spacial score (nSPS) is 10.3. The molecule has 0 radical (unpaired) electrons. The van der Waals surface area contributed by atoms with Crippen LogP contribution in [0.2, 0.25) is 0 Å². The summed E-state index contributed by atoms with van der Waals surface area (Å²) >= 11 is 1.51. The molecule has 0 aliphatic carbocycles. The average molecular weight is 411 g/mol. The first kappa shape index (κ1) is 20.3. The van der Waals surface area contributed by atoms with E-state index in [-0.39, 0.29) is 24.8 Å². The predicted molar refractivity (Wildman–Crippen MR) is 113 cm³/mol. The van der Waals surface area contributed by atoms with Crippen molar-refractivity contribution in [2.75, 3.05) is 24.4 Å². The van der Waals surface area contributed by atoms with Crippen LogP contribution in [0.5, 0.6) is 11.5 Å². The number of thiazole rings is 1. The van der Waals surface area contributed by atoms with E-state index in [9.17, 15) is 9.59 Å². The van der Waals surface area contributed by atoms with Crippen LogP contribution >= 0.6 is 11.3 Å².